The molecule has 42 heavy (non-hydrogen) atoms. The predicted octanol–water partition coefficient (Wildman–Crippen LogP) is -1.81. The molecular formula is C28H51NO13. The molecular weight excluding hydrogens is 558 g/mol. The molecule has 2 heterocycles. The van der Waals surface area contributed by atoms with Crippen molar-refractivity contribution in [3.63, 3.8) is 0 Å². The first-order chi connectivity index (χ1) is 20.0. The maximum atomic E-state index is 11.7. The Bertz CT molecular complexity index is 785. The maximum absolute atomic E-state index is 11.7. The Morgan fingerprint density at radius 2 is 1.43 bits per heavy atom. The lowest BCUT2D eigenvalue weighted by molar-refractivity contribution is -0.359. The SMILES string of the molecule is CCCCCCCCC/C=C/C(O)C(COC1OC(CO)C(OC2OC(CO)C(O)C(O)C2O)C(O)C1O)NC(C)=O. The summed E-state index contributed by atoms with van der Waals surface area (Å²) in [5.74, 6) is -0.422. The second kappa shape index (κ2) is 19.2. The first kappa shape index (κ1) is 36.9. The highest BCUT2D eigenvalue weighted by Crippen LogP contribution is 2.29. The van der Waals surface area contributed by atoms with Crippen LogP contribution in [0.1, 0.15) is 65.2 Å². The number of nitrogens with one attached hydrogen (secondary N) is 1. The minimum Gasteiger partial charge on any atom is -0.394 e. The second-order valence-electron chi connectivity index (χ2n) is 11.0. The monoisotopic (exact) mass is 609 g/mol. The Labute approximate surface area is 246 Å². The number of hydrogen-bond donors (Lipinski definition) is 9. The van der Waals surface area contributed by atoms with E-state index in [9.17, 15) is 45.6 Å². The van der Waals surface area contributed by atoms with Crippen LogP contribution in [0.25, 0.3) is 0 Å². The quantitative estimate of drug-likeness (QED) is 0.0617. The zero-order valence-corrected chi connectivity index (χ0v) is 24.5. The molecule has 0 radical (unpaired) electrons. The lowest BCUT2D eigenvalue weighted by atomic mass is 9.97. The van der Waals surface area contributed by atoms with Gasteiger partial charge >= 0.3 is 0 Å². The summed E-state index contributed by atoms with van der Waals surface area (Å²) < 4.78 is 22.0. The fourth-order valence-electron chi connectivity index (χ4n) is 4.97. The van der Waals surface area contributed by atoms with Crippen molar-refractivity contribution in [1.82, 2.24) is 5.32 Å². The molecule has 2 rings (SSSR count). The molecule has 0 bridgehead atoms. The summed E-state index contributed by atoms with van der Waals surface area (Å²) >= 11 is 0. The van der Waals surface area contributed by atoms with E-state index in [2.05, 4.69) is 12.2 Å². The number of hydrogen-bond acceptors (Lipinski definition) is 13. The van der Waals surface area contributed by atoms with Gasteiger partial charge in [0.05, 0.1) is 32.0 Å². The number of carbonyl (C=O) groups excluding carboxylic acids is 1. The molecule has 1 amide bonds. The van der Waals surface area contributed by atoms with Crippen molar-refractivity contribution >= 4 is 5.91 Å². The van der Waals surface area contributed by atoms with Gasteiger partial charge in [-0.25, -0.2) is 0 Å². The molecule has 0 spiro atoms. The molecule has 12 unspecified atom stereocenters. The molecule has 246 valence electrons. The molecule has 9 N–H and O–H groups in total. The number of aliphatic hydroxyl groups excluding tert-OH is 8. The number of amides is 1. The van der Waals surface area contributed by atoms with E-state index < -0.39 is 92.7 Å². The van der Waals surface area contributed by atoms with Crippen LogP contribution >= 0.6 is 0 Å². The molecule has 14 heteroatoms. The van der Waals surface area contributed by atoms with Gasteiger partial charge in [-0.3, -0.25) is 4.79 Å². The predicted molar refractivity (Wildman–Crippen MR) is 148 cm³/mol. The van der Waals surface area contributed by atoms with Crippen LogP contribution in [0, 0.1) is 0 Å². The van der Waals surface area contributed by atoms with Gasteiger partial charge in [-0.05, 0) is 12.8 Å². The molecule has 0 saturated carbocycles. The van der Waals surface area contributed by atoms with Crippen LogP contribution in [0.5, 0.6) is 0 Å². The highest BCUT2D eigenvalue weighted by Gasteiger charge is 2.50. The Balaban J connectivity index is 1.93. The molecule has 0 aromatic rings. The van der Waals surface area contributed by atoms with Gasteiger partial charge in [-0.15, -0.1) is 0 Å². The van der Waals surface area contributed by atoms with Crippen LogP contribution in [0.15, 0.2) is 12.2 Å². The van der Waals surface area contributed by atoms with E-state index in [0.717, 1.165) is 25.7 Å². The zero-order chi connectivity index (χ0) is 31.2. The van der Waals surface area contributed by atoms with Crippen molar-refractivity contribution in [3.05, 3.63) is 12.2 Å². The topological polar surface area (TPSA) is 228 Å². The van der Waals surface area contributed by atoms with E-state index in [1.54, 1.807) is 6.08 Å². The summed E-state index contributed by atoms with van der Waals surface area (Å²) in [6.07, 6.45) is -4.60. The lowest BCUT2D eigenvalue weighted by Crippen LogP contribution is -2.65. The van der Waals surface area contributed by atoms with Gasteiger partial charge in [-0.2, -0.15) is 0 Å². The Kier molecular flexibility index (Phi) is 16.9. The average Bonchev–Trinajstić information content (AvgIpc) is 2.97. The fraction of sp³-hybridized carbons (Fsp3) is 0.893. The average molecular weight is 610 g/mol. The van der Waals surface area contributed by atoms with E-state index in [0.29, 0.717) is 0 Å². The standard InChI is InChI=1S/C28H51NO13/c1-3-4-5-6-7-8-9-10-11-12-18(33)17(29-16(2)32)15-39-27-25(38)23(36)26(20(14-31)41-27)42-28-24(37)22(35)21(34)19(13-30)40-28/h11-12,17-28,30-31,33-38H,3-10,13-15H2,1-2H3,(H,29,32)/b12-11+. The smallest absolute Gasteiger partial charge is 0.217 e. The molecule has 12 atom stereocenters. The largest absolute Gasteiger partial charge is 0.394 e. The Morgan fingerprint density at radius 3 is 2.05 bits per heavy atom. The van der Waals surface area contributed by atoms with E-state index in [4.69, 9.17) is 18.9 Å². The third kappa shape index (κ3) is 11.0. The van der Waals surface area contributed by atoms with Crippen molar-refractivity contribution < 1.29 is 64.6 Å². The summed E-state index contributed by atoms with van der Waals surface area (Å²) in [5, 5.41) is 84.1. The number of carbonyl (C=O) groups is 1. The molecule has 0 aliphatic carbocycles. The number of aliphatic hydroxyl groups is 8. The summed E-state index contributed by atoms with van der Waals surface area (Å²) in [6.45, 7) is 1.72. The van der Waals surface area contributed by atoms with E-state index in [1.807, 2.05) is 6.08 Å². The zero-order valence-electron chi connectivity index (χ0n) is 24.5. The van der Waals surface area contributed by atoms with Crippen molar-refractivity contribution in [2.45, 2.75) is 139 Å². The summed E-state index contributed by atoms with van der Waals surface area (Å²) in [4.78, 5) is 11.7. The van der Waals surface area contributed by atoms with Crippen molar-refractivity contribution in [3.8, 4) is 0 Å². The van der Waals surface area contributed by atoms with Crippen LogP contribution in [-0.4, -0.2) is 140 Å². The third-order valence-electron chi connectivity index (χ3n) is 7.51. The molecule has 2 aliphatic rings. The van der Waals surface area contributed by atoms with Gasteiger partial charge < -0.3 is 65.1 Å². The first-order valence-electron chi connectivity index (χ1n) is 14.9. The van der Waals surface area contributed by atoms with Crippen LogP contribution in [0.3, 0.4) is 0 Å². The van der Waals surface area contributed by atoms with Gasteiger partial charge in [0, 0.05) is 6.92 Å². The summed E-state index contributed by atoms with van der Waals surface area (Å²) in [6, 6.07) is -0.906. The maximum Gasteiger partial charge on any atom is 0.217 e. The van der Waals surface area contributed by atoms with Crippen LogP contribution in [-0.2, 0) is 23.7 Å². The van der Waals surface area contributed by atoms with Gasteiger partial charge in [0.2, 0.25) is 5.91 Å². The lowest BCUT2D eigenvalue weighted by Gasteiger charge is -2.46. The molecule has 2 aliphatic heterocycles. The number of ether oxygens (including phenoxy) is 4. The Morgan fingerprint density at radius 1 is 0.833 bits per heavy atom. The van der Waals surface area contributed by atoms with Gasteiger partial charge in [0.25, 0.3) is 0 Å². The first-order valence-corrected chi connectivity index (χ1v) is 14.9. The van der Waals surface area contributed by atoms with Crippen LogP contribution in [0.4, 0.5) is 0 Å². The molecule has 2 saturated heterocycles. The van der Waals surface area contributed by atoms with Crippen LogP contribution < -0.4 is 5.32 Å². The minimum atomic E-state index is -1.78. The highest BCUT2D eigenvalue weighted by atomic mass is 16.7. The van der Waals surface area contributed by atoms with E-state index >= 15 is 0 Å². The van der Waals surface area contributed by atoms with Crippen LogP contribution in [0.2, 0.25) is 0 Å². The van der Waals surface area contributed by atoms with Crippen molar-refractivity contribution in [2.24, 2.45) is 0 Å². The molecule has 0 aromatic heterocycles. The van der Waals surface area contributed by atoms with E-state index in [-0.39, 0.29) is 6.61 Å². The van der Waals surface area contributed by atoms with Gasteiger partial charge in [0.15, 0.2) is 12.6 Å². The molecule has 2 fully saturated rings. The molecule has 14 nitrogen and oxygen atoms in total. The van der Waals surface area contributed by atoms with Crippen molar-refractivity contribution in [1.29, 1.82) is 0 Å². The molecule has 0 aromatic carbocycles. The fourth-order valence-corrected chi connectivity index (χ4v) is 4.97. The number of unbranched alkanes of at least 4 members (excludes halogenated alkanes) is 7. The van der Waals surface area contributed by atoms with E-state index in [1.165, 1.54) is 32.6 Å². The highest BCUT2D eigenvalue weighted by molar-refractivity contribution is 5.73. The van der Waals surface area contributed by atoms with Crippen molar-refractivity contribution in [2.75, 3.05) is 19.8 Å². The third-order valence-corrected chi connectivity index (χ3v) is 7.51. The summed E-state index contributed by atoms with van der Waals surface area (Å²) in [5.41, 5.74) is 0. The van der Waals surface area contributed by atoms with Gasteiger partial charge in [-0.1, -0.05) is 57.6 Å². The second-order valence-corrected chi connectivity index (χ2v) is 11.0. The number of allylic oxidation sites excluding steroid dienone is 1. The number of rotatable bonds is 18. The summed E-state index contributed by atoms with van der Waals surface area (Å²) in [7, 11) is 0. The van der Waals surface area contributed by atoms with Gasteiger partial charge in [0.1, 0.15) is 48.8 Å². The Hall–Kier alpha value is -1.27. The minimum absolute atomic E-state index is 0.312. The normalized spacial score (nSPS) is 35.3.